The van der Waals surface area contributed by atoms with Crippen molar-refractivity contribution in [1.29, 1.82) is 0 Å². The second-order valence-corrected chi connectivity index (χ2v) is 6.54. The van der Waals surface area contributed by atoms with Crippen molar-refractivity contribution >= 4 is 20.4 Å². The van der Waals surface area contributed by atoms with Crippen LogP contribution >= 0.6 is 8.30 Å². The van der Waals surface area contributed by atoms with Gasteiger partial charge in [-0.2, -0.15) is 0 Å². The molecule has 0 radical (unpaired) electrons. The van der Waals surface area contributed by atoms with Crippen molar-refractivity contribution in [3.8, 4) is 0 Å². The van der Waals surface area contributed by atoms with Gasteiger partial charge in [-0.1, -0.05) is 18.2 Å². The molecular formula is C17H22N3O2P. The van der Waals surface area contributed by atoms with Crippen LogP contribution in [0.2, 0.25) is 0 Å². The molecule has 0 bridgehead atoms. The smallest absolute Gasteiger partial charge is 0.211 e. The second kappa shape index (κ2) is 10.1. The lowest BCUT2D eigenvalue weighted by Gasteiger charge is -2.18. The highest BCUT2D eigenvalue weighted by Gasteiger charge is 2.09. The summed E-state index contributed by atoms with van der Waals surface area (Å²) in [5.41, 5.74) is 3.06. The van der Waals surface area contributed by atoms with E-state index in [1.807, 2.05) is 55.6 Å². The van der Waals surface area contributed by atoms with Gasteiger partial charge in [0.1, 0.15) is 8.30 Å². The van der Waals surface area contributed by atoms with Crippen molar-refractivity contribution in [2.24, 2.45) is 0 Å². The van der Waals surface area contributed by atoms with E-state index in [0.29, 0.717) is 13.0 Å². The largest absolute Gasteiger partial charge is 0.344 e. The maximum absolute atomic E-state index is 10.4. The molecule has 122 valence electrons. The Labute approximate surface area is 138 Å². The molecule has 1 heterocycles. The first-order valence-electron chi connectivity index (χ1n) is 7.65. The van der Waals surface area contributed by atoms with E-state index in [1.165, 1.54) is 5.56 Å². The van der Waals surface area contributed by atoms with Gasteiger partial charge in [-0.25, -0.2) is 0 Å². The Morgan fingerprint density at radius 2 is 2.04 bits per heavy atom. The van der Waals surface area contributed by atoms with Crippen molar-refractivity contribution in [1.82, 2.24) is 10.1 Å². The molecule has 0 spiro atoms. The molecule has 5 nitrogen and oxygen atoms in total. The third-order valence-corrected chi connectivity index (χ3v) is 4.98. The van der Waals surface area contributed by atoms with Gasteiger partial charge in [0.25, 0.3) is 0 Å². The highest BCUT2D eigenvalue weighted by molar-refractivity contribution is 7.49. The van der Waals surface area contributed by atoms with Gasteiger partial charge in [-0.3, -0.25) is 14.9 Å². The highest BCUT2D eigenvalue weighted by atomic mass is 31.2. The van der Waals surface area contributed by atoms with Gasteiger partial charge in [0.2, 0.25) is 6.41 Å². The van der Waals surface area contributed by atoms with E-state index < -0.39 is 8.30 Å². The molecular weight excluding hydrogens is 309 g/mol. The number of pyridine rings is 1. The Morgan fingerprint density at radius 3 is 2.70 bits per heavy atom. The van der Waals surface area contributed by atoms with E-state index in [0.717, 1.165) is 30.5 Å². The molecule has 2 aromatic rings. The monoisotopic (exact) mass is 331 g/mol. The Hall–Kier alpha value is -1.81. The first kappa shape index (κ1) is 17.5. The molecule has 1 atom stereocenters. The Morgan fingerprint density at radius 1 is 1.22 bits per heavy atom. The van der Waals surface area contributed by atoms with Crippen molar-refractivity contribution < 1.29 is 9.32 Å². The number of hydrogen-bond donors (Lipinski definition) is 2. The molecule has 1 aromatic carbocycles. The first-order valence-corrected chi connectivity index (χ1v) is 9.09. The summed E-state index contributed by atoms with van der Waals surface area (Å²) < 4.78 is 5.82. The van der Waals surface area contributed by atoms with Crippen molar-refractivity contribution in [3.05, 3.63) is 59.9 Å². The van der Waals surface area contributed by atoms with Crippen LogP contribution in [0.1, 0.15) is 18.2 Å². The van der Waals surface area contributed by atoms with Gasteiger partial charge in [0.05, 0.1) is 0 Å². The van der Waals surface area contributed by atoms with Crippen molar-refractivity contribution in [2.75, 3.05) is 18.5 Å². The van der Waals surface area contributed by atoms with Gasteiger partial charge in [0.15, 0.2) is 0 Å². The van der Waals surface area contributed by atoms with Crippen LogP contribution in [0.3, 0.4) is 0 Å². The number of aromatic nitrogens is 1. The van der Waals surface area contributed by atoms with Gasteiger partial charge < -0.3 is 9.84 Å². The lowest BCUT2D eigenvalue weighted by Crippen LogP contribution is -2.14. The van der Waals surface area contributed by atoms with E-state index in [4.69, 9.17) is 4.52 Å². The van der Waals surface area contributed by atoms with Gasteiger partial charge >= 0.3 is 0 Å². The lowest BCUT2D eigenvalue weighted by molar-refractivity contribution is -0.105. The zero-order chi connectivity index (χ0) is 16.3. The van der Waals surface area contributed by atoms with E-state index in [2.05, 4.69) is 15.4 Å². The van der Waals surface area contributed by atoms with Gasteiger partial charge in [-0.05, 0) is 36.8 Å². The maximum Gasteiger partial charge on any atom is 0.211 e. The maximum atomic E-state index is 10.4. The van der Waals surface area contributed by atoms with Crippen LogP contribution < -0.4 is 10.4 Å². The summed E-state index contributed by atoms with van der Waals surface area (Å²) in [5, 5.41) is 6.12. The number of benzene rings is 1. The molecule has 0 aliphatic heterocycles. The lowest BCUT2D eigenvalue weighted by atomic mass is 10.2. The van der Waals surface area contributed by atoms with Gasteiger partial charge in [0, 0.05) is 43.3 Å². The Bertz CT molecular complexity index is 578. The Balaban J connectivity index is 1.83. The summed E-state index contributed by atoms with van der Waals surface area (Å²) in [6.07, 6.45) is 4.22. The Kier molecular flexibility index (Phi) is 7.67. The van der Waals surface area contributed by atoms with Crippen molar-refractivity contribution in [3.63, 3.8) is 0 Å². The van der Waals surface area contributed by atoms with Crippen LogP contribution in [0, 0.1) is 0 Å². The molecule has 0 fully saturated rings. The predicted molar refractivity (Wildman–Crippen MR) is 94.3 cm³/mol. The van der Waals surface area contributed by atoms with Crippen molar-refractivity contribution in [2.45, 2.75) is 19.5 Å². The molecule has 2 N–H and O–H groups in total. The minimum absolute atomic E-state index is 0.682. The number of anilines is 1. The summed E-state index contributed by atoms with van der Waals surface area (Å²) in [7, 11) is -0.719. The zero-order valence-corrected chi connectivity index (χ0v) is 14.1. The summed E-state index contributed by atoms with van der Waals surface area (Å²) in [6, 6.07) is 13.8. The molecule has 23 heavy (non-hydrogen) atoms. The fourth-order valence-electron chi connectivity index (χ4n) is 2.10. The topological polar surface area (TPSA) is 63.2 Å². The minimum Gasteiger partial charge on any atom is -0.344 e. The predicted octanol–water partition coefficient (Wildman–Crippen LogP) is 3.33. The average molecular weight is 331 g/mol. The minimum atomic E-state index is -0.719. The number of amides is 1. The third-order valence-electron chi connectivity index (χ3n) is 3.19. The summed E-state index contributed by atoms with van der Waals surface area (Å²) in [6.45, 7) is 3.54. The van der Waals surface area contributed by atoms with E-state index >= 15 is 0 Å². The van der Waals surface area contributed by atoms with Crippen LogP contribution in [0.5, 0.6) is 0 Å². The van der Waals surface area contributed by atoms with Crippen LogP contribution in [0.15, 0.2) is 48.7 Å². The van der Waals surface area contributed by atoms with Gasteiger partial charge in [-0.15, -0.1) is 0 Å². The van der Waals surface area contributed by atoms with E-state index in [9.17, 15) is 4.79 Å². The third kappa shape index (κ3) is 6.45. The van der Waals surface area contributed by atoms with E-state index in [-0.39, 0.29) is 0 Å². The number of hydrogen-bond acceptors (Lipinski definition) is 4. The molecule has 2 rings (SSSR count). The molecule has 0 saturated carbocycles. The number of rotatable bonds is 10. The molecule has 1 aromatic heterocycles. The molecule has 1 unspecified atom stereocenters. The summed E-state index contributed by atoms with van der Waals surface area (Å²) in [5.74, 6) is 0. The molecule has 0 saturated heterocycles. The highest BCUT2D eigenvalue weighted by Crippen LogP contribution is 2.36. The van der Waals surface area contributed by atoms with Crippen LogP contribution in [0.25, 0.3) is 0 Å². The number of nitrogens with one attached hydrogen (secondary N) is 2. The summed E-state index contributed by atoms with van der Waals surface area (Å²) in [4.78, 5) is 14.7. The van der Waals surface area contributed by atoms with Crippen LogP contribution in [-0.4, -0.2) is 24.5 Å². The normalized spacial score (nSPS) is 11.9. The first-order chi connectivity index (χ1) is 11.3. The standard InChI is InChI=1S/C17H22N3O2P/c1-2-22-23(20-12-10-16-5-3-4-11-18-16)13-15-6-8-17(9-7-15)19-14-21/h3-9,11,14,20H,2,10,12-13H2,1H3,(H,19,21). The van der Waals surface area contributed by atoms with E-state index in [1.54, 1.807) is 0 Å². The molecule has 6 heteroatoms. The molecule has 0 aliphatic rings. The number of nitrogens with zero attached hydrogens (tertiary/aromatic N) is 1. The van der Waals surface area contributed by atoms with Crippen LogP contribution in [0.4, 0.5) is 5.69 Å². The molecule has 0 aliphatic carbocycles. The van der Waals surface area contributed by atoms with Crippen LogP contribution in [-0.2, 0) is 21.9 Å². The number of carbonyl (C=O) groups is 1. The SMILES string of the molecule is CCOP(Cc1ccc(NC=O)cc1)NCCc1ccccn1. The molecule has 1 amide bonds. The summed E-state index contributed by atoms with van der Waals surface area (Å²) >= 11 is 0. The fraction of sp³-hybridized carbons (Fsp3) is 0.294. The fourth-order valence-corrected chi connectivity index (χ4v) is 3.61. The quantitative estimate of drug-likeness (QED) is 0.518. The number of carbonyl (C=O) groups excluding carboxylic acids is 1. The zero-order valence-electron chi connectivity index (χ0n) is 13.2. The average Bonchev–Trinajstić information content (AvgIpc) is 2.58. The second-order valence-electron chi connectivity index (χ2n) is 4.89.